The monoisotopic (exact) mass is 270 g/mol. The van der Waals surface area contributed by atoms with Gasteiger partial charge in [0.15, 0.2) is 5.60 Å². The summed E-state index contributed by atoms with van der Waals surface area (Å²) in [5.74, 6) is -0.592. The van der Waals surface area contributed by atoms with Gasteiger partial charge in [-0.2, -0.15) is 0 Å². The molecule has 0 unspecified atom stereocenters. The minimum Gasteiger partial charge on any atom is -0.458 e. The van der Waals surface area contributed by atoms with Gasteiger partial charge in [-0.15, -0.1) is 0 Å². The fourth-order valence-corrected chi connectivity index (χ4v) is 2.19. The predicted molar refractivity (Wildman–Crippen MR) is 58.5 cm³/mol. The fraction of sp³-hybridized carbons (Fsp3) is 0.364. The van der Waals surface area contributed by atoms with Crippen molar-refractivity contribution in [2.24, 2.45) is 0 Å². The van der Waals surface area contributed by atoms with E-state index in [0.717, 1.165) is 5.56 Å². The van der Waals surface area contributed by atoms with Gasteiger partial charge in [-0.05, 0) is 12.5 Å². The van der Waals surface area contributed by atoms with Gasteiger partial charge in [-0.25, -0.2) is 4.79 Å². The third kappa shape index (κ3) is 1.48. The molecule has 0 amide bonds. The smallest absolute Gasteiger partial charge is 0.344 e. The van der Waals surface area contributed by atoms with Gasteiger partial charge >= 0.3 is 5.97 Å². The minimum absolute atomic E-state index is 0.233. The lowest BCUT2D eigenvalue weighted by atomic mass is 9.86. The number of aliphatic hydroxyl groups is 1. The molecule has 0 spiro atoms. The van der Waals surface area contributed by atoms with E-state index in [0.29, 0.717) is 5.56 Å². The SMILES string of the molecule is C[C@@H](Br)[C@@]1(O)C(=O)OCc2ccccc21. The van der Waals surface area contributed by atoms with Crippen LogP contribution in [-0.4, -0.2) is 15.9 Å². The molecule has 1 aromatic rings. The summed E-state index contributed by atoms with van der Waals surface area (Å²) in [7, 11) is 0. The summed E-state index contributed by atoms with van der Waals surface area (Å²) in [5.41, 5.74) is -0.0917. The first-order valence-corrected chi connectivity index (χ1v) is 5.60. The lowest BCUT2D eigenvalue weighted by Gasteiger charge is -2.34. The van der Waals surface area contributed by atoms with E-state index >= 15 is 0 Å². The van der Waals surface area contributed by atoms with E-state index in [-0.39, 0.29) is 11.4 Å². The Morgan fingerprint density at radius 1 is 1.53 bits per heavy atom. The zero-order valence-electron chi connectivity index (χ0n) is 8.24. The van der Waals surface area contributed by atoms with Crippen molar-refractivity contribution >= 4 is 21.9 Å². The average Bonchev–Trinajstić information content (AvgIpc) is 2.23. The molecule has 2 rings (SSSR count). The Labute approximate surface area is 96.2 Å². The first kappa shape index (κ1) is 10.6. The van der Waals surface area contributed by atoms with Gasteiger partial charge in [-0.1, -0.05) is 40.2 Å². The minimum atomic E-state index is -1.57. The van der Waals surface area contributed by atoms with Crippen molar-refractivity contribution in [3.05, 3.63) is 35.4 Å². The highest BCUT2D eigenvalue weighted by Crippen LogP contribution is 2.36. The Bertz CT molecular complexity index is 403. The maximum atomic E-state index is 11.6. The molecule has 1 aromatic carbocycles. The number of benzene rings is 1. The summed E-state index contributed by atoms with van der Waals surface area (Å²) in [4.78, 5) is 11.2. The van der Waals surface area contributed by atoms with Crippen molar-refractivity contribution in [1.29, 1.82) is 0 Å². The molecule has 2 atom stereocenters. The van der Waals surface area contributed by atoms with Crippen LogP contribution in [0.5, 0.6) is 0 Å². The molecule has 1 N–H and O–H groups in total. The summed E-state index contributed by atoms with van der Waals surface area (Å²) in [6, 6.07) is 7.27. The van der Waals surface area contributed by atoms with Crippen LogP contribution in [-0.2, 0) is 21.7 Å². The van der Waals surface area contributed by atoms with Crippen molar-refractivity contribution in [3.8, 4) is 0 Å². The lowest BCUT2D eigenvalue weighted by molar-refractivity contribution is -0.171. The molecule has 3 nitrogen and oxygen atoms in total. The number of halogens is 1. The van der Waals surface area contributed by atoms with Crippen molar-refractivity contribution in [2.45, 2.75) is 24.0 Å². The zero-order valence-corrected chi connectivity index (χ0v) is 9.82. The number of carbonyl (C=O) groups excluding carboxylic acids is 1. The summed E-state index contributed by atoms with van der Waals surface area (Å²) >= 11 is 3.25. The maximum Gasteiger partial charge on any atom is 0.344 e. The van der Waals surface area contributed by atoms with Gasteiger partial charge in [0, 0.05) is 5.56 Å². The molecular weight excluding hydrogens is 260 g/mol. The second kappa shape index (κ2) is 3.61. The normalized spacial score (nSPS) is 26.7. The molecule has 15 heavy (non-hydrogen) atoms. The predicted octanol–water partition coefficient (Wildman–Crippen LogP) is 1.71. The quantitative estimate of drug-likeness (QED) is 0.625. The first-order valence-electron chi connectivity index (χ1n) is 4.69. The highest BCUT2D eigenvalue weighted by atomic mass is 79.9. The number of fused-ring (bicyclic) bond motifs is 1. The number of ether oxygens (including phenoxy) is 1. The second-order valence-corrected chi connectivity index (χ2v) is 4.99. The van der Waals surface area contributed by atoms with Crippen LogP contribution in [0.1, 0.15) is 18.1 Å². The van der Waals surface area contributed by atoms with E-state index in [4.69, 9.17) is 4.74 Å². The third-order valence-electron chi connectivity index (χ3n) is 2.67. The topological polar surface area (TPSA) is 46.5 Å². The molecule has 0 saturated heterocycles. The molecule has 0 fully saturated rings. The van der Waals surface area contributed by atoms with E-state index in [1.165, 1.54) is 0 Å². The Kier molecular flexibility index (Phi) is 2.56. The number of esters is 1. The molecule has 0 saturated carbocycles. The van der Waals surface area contributed by atoms with Gasteiger partial charge < -0.3 is 9.84 Å². The molecule has 1 aliphatic rings. The molecule has 1 aliphatic heterocycles. The van der Waals surface area contributed by atoms with Crippen LogP contribution in [0, 0.1) is 0 Å². The van der Waals surface area contributed by atoms with Gasteiger partial charge in [-0.3, -0.25) is 0 Å². The van der Waals surface area contributed by atoms with Gasteiger partial charge in [0.1, 0.15) is 6.61 Å². The van der Waals surface area contributed by atoms with Crippen LogP contribution in [0.4, 0.5) is 0 Å². The van der Waals surface area contributed by atoms with Crippen LogP contribution in [0.3, 0.4) is 0 Å². The largest absolute Gasteiger partial charge is 0.458 e. The van der Waals surface area contributed by atoms with Crippen molar-refractivity contribution in [1.82, 2.24) is 0 Å². The lowest BCUT2D eigenvalue weighted by Crippen LogP contribution is -2.47. The van der Waals surface area contributed by atoms with E-state index in [2.05, 4.69) is 15.9 Å². The fourth-order valence-electron chi connectivity index (χ4n) is 1.76. The van der Waals surface area contributed by atoms with Crippen LogP contribution in [0.25, 0.3) is 0 Å². The number of alkyl halides is 1. The van der Waals surface area contributed by atoms with Crippen molar-refractivity contribution in [2.75, 3.05) is 0 Å². The van der Waals surface area contributed by atoms with E-state index in [1.54, 1.807) is 19.1 Å². The van der Waals surface area contributed by atoms with Crippen LogP contribution < -0.4 is 0 Å². The molecular formula is C11H11BrO3. The Balaban J connectivity index is 2.60. The zero-order chi connectivity index (χ0) is 11.1. The van der Waals surface area contributed by atoms with Crippen molar-refractivity contribution in [3.63, 3.8) is 0 Å². The summed E-state index contributed by atoms with van der Waals surface area (Å²) < 4.78 is 4.96. The molecule has 0 bridgehead atoms. The number of hydrogen-bond acceptors (Lipinski definition) is 3. The standard InChI is InChI=1S/C11H11BrO3/c1-7(12)11(14)9-5-3-2-4-8(9)6-15-10(11)13/h2-5,7,14H,6H2,1H3/t7-,11+/m1/s1. The van der Waals surface area contributed by atoms with Gasteiger partial charge in [0.25, 0.3) is 0 Å². The highest BCUT2D eigenvalue weighted by molar-refractivity contribution is 9.09. The first-order chi connectivity index (χ1) is 7.06. The summed E-state index contributed by atoms with van der Waals surface area (Å²) in [6.45, 7) is 1.96. The van der Waals surface area contributed by atoms with Gasteiger partial charge in [0.2, 0.25) is 0 Å². The van der Waals surface area contributed by atoms with E-state index < -0.39 is 11.6 Å². The Morgan fingerprint density at radius 3 is 2.87 bits per heavy atom. The van der Waals surface area contributed by atoms with Crippen LogP contribution in [0.2, 0.25) is 0 Å². The van der Waals surface area contributed by atoms with Crippen LogP contribution in [0.15, 0.2) is 24.3 Å². The number of hydrogen-bond donors (Lipinski definition) is 1. The molecule has 0 aliphatic carbocycles. The molecule has 4 heteroatoms. The van der Waals surface area contributed by atoms with Gasteiger partial charge in [0.05, 0.1) is 4.83 Å². The second-order valence-electron chi connectivity index (χ2n) is 3.62. The molecule has 0 radical (unpaired) electrons. The Morgan fingerprint density at radius 2 is 2.20 bits per heavy atom. The molecule has 1 heterocycles. The van der Waals surface area contributed by atoms with Crippen molar-refractivity contribution < 1.29 is 14.6 Å². The molecule has 0 aromatic heterocycles. The number of carbonyl (C=O) groups is 1. The summed E-state index contributed by atoms with van der Waals surface area (Å²) in [6.07, 6.45) is 0. The third-order valence-corrected chi connectivity index (χ3v) is 3.34. The maximum absolute atomic E-state index is 11.6. The Hall–Kier alpha value is -0.870. The number of rotatable bonds is 1. The average molecular weight is 271 g/mol. The number of cyclic esters (lactones) is 1. The van der Waals surface area contributed by atoms with E-state index in [9.17, 15) is 9.90 Å². The molecule has 80 valence electrons. The summed E-state index contributed by atoms with van der Waals surface area (Å²) in [5, 5.41) is 10.3. The van der Waals surface area contributed by atoms with E-state index in [1.807, 2.05) is 12.1 Å². The highest BCUT2D eigenvalue weighted by Gasteiger charge is 2.47. The van der Waals surface area contributed by atoms with Crippen LogP contribution >= 0.6 is 15.9 Å².